The third-order valence-electron chi connectivity index (χ3n) is 5.07. The smallest absolute Gasteiger partial charge is 0.0221 e. The molecule has 1 N–H and O–H groups in total. The number of hydrogen-bond acceptors (Lipinski definition) is 2. The Bertz CT molecular complexity index is 223. The Balaban J connectivity index is 1.61. The minimum Gasteiger partial charge on any atom is -0.315 e. The van der Waals surface area contributed by atoms with Gasteiger partial charge in [0.25, 0.3) is 0 Å². The van der Waals surface area contributed by atoms with Gasteiger partial charge in [0.05, 0.1) is 0 Å². The summed E-state index contributed by atoms with van der Waals surface area (Å²) in [7, 11) is 2.38. The lowest BCUT2D eigenvalue weighted by atomic mass is 9.92. The van der Waals surface area contributed by atoms with E-state index in [1.165, 1.54) is 51.6 Å². The lowest BCUT2D eigenvalue weighted by Crippen LogP contribution is -2.49. The molecule has 2 bridgehead atoms. The molecule has 0 aromatic carbocycles. The molecule has 1 aliphatic heterocycles. The van der Waals surface area contributed by atoms with Crippen LogP contribution in [0.3, 0.4) is 0 Å². The van der Waals surface area contributed by atoms with Crippen molar-refractivity contribution in [3.8, 4) is 0 Å². The number of fused-ring (bicyclic) bond motifs is 2. The molecule has 0 aromatic rings. The zero-order chi connectivity index (χ0) is 10.3. The second-order valence-electron chi connectivity index (χ2n) is 5.91. The number of likely N-dealkylation sites (N-methyl/N-ethyl adjacent to an activating group) is 1. The summed E-state index contributed by atoms with van der Waals surface area (Å²) in [4.78, 5) is 2.72. The molecule has 4 atom stereocenters. The maximum Gasteiger partial charge on any atom is 0.0221 e. The first kappa shape index (κ1) is 10.1. The molecule has 2 aliphatic carbocycles. The molecule has 0 radical (unpaired) electrons. The standard InChI is InChI=1S/C13H24N2/c1-15(12-3-2-6-14-9-12)13-8-10-4-5-11(13)7-10/h10-14H,2-9H2,1H3. The van der Waals surface area contributed by atoms with Crippen LogP contribution in [0.5, 0.6) is 0 Å². The van der Waals surface area contributed by atoms with Crippen LogP contribution in [0.4, 0.5) is 0 Å². The van der Waals surface area contributed by atoms with E-state index in [1.807, 2.05) is 0 Å². The summed E-state index contributed by atoms with van der Waals surface area (Å²) in [5.74, 6) is 2.13. The van der Waals surface area contributed by atoms with E-state index in [0.717, 1.165) is 23.9 Å². The average molecular weight is 208 g/mol. The molecular formula is C13H24N2. The molecular weight excluding hydrogens is 184 g/mol. The molecule has 2 heteroatoms. The predicted molar refractivity (Wildman–Crippen MR) is 62.9 cm³/mol. The van der Waals surface area contributed by atoms with Crippen molar-refractivity contribution in [1.29, 1.82) is 0 Å². The highest BCUT2D eigenvalue weighted by Gasteiger charge is 2.42. The zero-order valence-electron chi connectivity index (χ0n) is 9.91. The molecule has 3 fully saturated rings. The van der Waals surface area contributed by atoms with E-state index in [9.17, 15) is 0 Å². The maximum absolute atomic E-state index is 3.54. The average Bonchev–Trinajstić information content (AvgIpc) is 2.91. The summed E-state index contributed by atoms with van der Waals surface area (Å²) in [6.45, 7) is 2.46. The van der Waals surface area contributed by atoms with Crippen LogP contribution in [-0.4, -0.2) is 37.1 Å². The van der Waals surface area contributed by atoms with Crippen LogP contribution in [0.2, 0.25) is 0 Å². The lowest BCUT2D eigenvalue weighted by Gasteiger charge is -2.39. The molecule has 15 heavy (non-hydrogen) atoms. The molecule has 1 saturated heterocycles. The van der Waals surface area contributed by atoms with Gasteiger partial charge in [0, 0.05) is 18.6 Å². The van der Waals surface area contributed by atoms with Gasteiger partial charge in [-0.2, -0.15) is 0 Å². The third kappa shape index (κ3) is 1.83. The van der Waals surface area contributed by atoms with Crippen LogP contribution in [0.1, 0.15) is 38.5 Å². The van der Waals surface area contributed by atoms with Crippen LogP contribution in [0, 0.1) is 11.8 Å². The maximum atomic E-state index is 3.54. The first-order valence-corrected chi connectivity index (χ1v) is 6.77. The molecule has 86 valence electrons. The lowest BCUT2D eigenvalue weighted by molar-refractivity contribution is 0.107. The third-order valence-corrected chi connectivity index (χ3v) is 5.07. The Hall–Kier alpha value is -0.0800. The number of piperidine rings is 1. The first-order valence-electron chi connectivity index (χ1n) is 6.77. The Morgan fingerprint density at radius 3 is 2.67 bits per heavy atom. The Kier molecular flexibility index (Phi) is 2.73. The highest BCUT2D eigenvalue weighted by Crippen LogP contribution is 2.46. The van der Waals surface area contributed by atoms with Gasteiger partial charge in [-0.05, 0) is 57.5 Å². The molecule has 0 aromatic heterocycles. The molecule has 2 nitrogen and oxygen atoms in total. The van der Waals surface area contributed by atoms with Gasteiger partial charge in [0.1, 0.15) is 0 Å². The number of hydrogen-bond donors (Lipinski definition) is 1. The second-order valence-corrected chi connectivity index (χ2v) is 5.91. The van der Waals surface area contributed by atoms with E-state index in [4.69, 9.17) is 0 Å². The largest absolute Gasteiger partial charge is 0.315 e. The first-order chi connectivity index (χ1) is 7.34. The monoisotopic (exact) mass is 208 g/mol. The van der Waals surface area contributed by atoms with Crippen molar-refractivity contribution < 1.29 is 0 Å². The molecule has 4 unspecified atom stereocenters. The van der Waals surface area contributed by atoms with Gasteiger partial charge in [-0.3, -0.25) is 4.90 Å². The van der Waals surface area contributed by atoms with Gasteiger partial charge in [0.15, 0.2) is 0 Å². The van der Waals surface area contributed by atoms with Crippen molar-refractivity contribution in [2.45, 2.75) is 50.6 Å². The summed E-state index contributed by atoms with van der Waals surface area (Å²) in [6, 6.07) is 1.75. The summed E-state index contributed by atoms with van der Waals surface area (Å²) in [5, 5.41) is 3.54. The molecule has 1 heterocycles. The molecule has 0 spiro atoms. The number of rotatable bonds is 2. The van der Waals surface area contributed by atoms with Crippen molar-refractivity contribution in [3.05, 3.63) is 0 Å². The van der Waals surface area contributed by atoms with Crippen molar-refractivity contribution in [1.82, 2.24) is 10.2 Å². The normalized spacial score (nSPS) is 45.2. The van der Waals surface area contributed by atoms with Crippen molar-refractivity contribution in [2.24, 2.45) is 11.8 Å². The van der Waals surface area contributed by atoms with Crippen molar-refractivity contribution >= 4 is 0 Å². The molecule has 3 rings (SSSR count). The van der Waals surface area contributed by atoms with Gasteiger partial charge in [-0.1, -0.05) is 6.42 Å². The fourth-order valence-electron chi connectivity index (χ4n) is 4.16. The van der Waals surface area contributed by atoms with E-state index < -0.39 is 0 Å². The quantitative estimate of drug-likeness (QED) is 0.745. The van der Waals surface area contributed by atoms with Crippen LogP contribution in [-0.2, 0) is 0 Å². The molecule has 2 saturated carbocycles. The number of nitrogens with zero attached hydrogens (tertiary/aromatic N) is 1. The van der Waals surface area contributed by atoms with Gasteiger partial charge in [-0.15, -0.1) is 0 Å². The Morgan fingerprint density at radius 1 is 1.13 bits per heavy atom. The van der Waals surface area contributed by atoms with Crippen LogP contribution < -0.4 is 5.32 Å². The van der Waals surface area contributed by atoms with Gasteiger partial charge < -0.3 is 5.32 Å². The van der Waals surface area contributed by atoms with E-state index in [0.29, 0.717) is 0 Å². The topological polar surface area (TPSA) is 15.3 Å². The van der Waals surface area contributed by atoms with Crippen LogP contribution in [0.25, 0.3) is 0 Å². The van der Waals surface area contributed by atoms with E-state index in [2.05, 4.69) is 17.3 Å². The molecule has 3 aliphatic rings. The predicted octanol–water partition coefficient (Wildman–Crippen LogP) is 1.86. The summed E-state index contributed by atoms with van der Waals surface area (Å²) in [5.41, 5.74) is 0. The molecule has 0 amide bonds. The Morgan fingerprint density at radius 2 is 2.07 bits per heavy atom. The van der Waals surface area contributed by atoms with E-state index >= 15 is 0 Å². The minimum atomic E-state index is 0.822. The summed E-state index contributed by atoms with van der Waals surface area (Å²) < 4.78 is 0. The van der Waals surface area contributed by atoms with Crippen molar-refractivity contribution in [2.75, 3.05) is 20.1 Å². The Labute approximate surface area is 93.4 Å². The second kappa shape index (κ2) is 4.06. The summed E-state index contributed by atoms with van der Waals surface area (Å²) in [6.07, 6.45) is 8.86. The van der Waals surface area contributed by atoms with E-state index in [-0.39, 0.29) is 0 Å². The van der Waals surface area contributed by atoms with Crippen LogP contribution >= 0.6 is 0 Å². The summed E-state index contributed by atoms with van der Waals surface area (Å²) >= 11 is 0. The number of nitrogens with one attached hydrogen (secondary N) is 1. The highest BCUT2D eigenvalue weighted by atomic mass is 15.2. The van der Waals surface area contributed by atoms with Crippen LogP contribution in [0.15, 0.2) is 0 Å². The van der Waals surface area contributed by atoms with Gasteiger partial charge >= 0.3 is 0 Å². The minimum absolute atomic E-state index is 0.822. The fraction of sp³-hybridized carbons (Fsp3) is 1.00. The highest BCUT2D eigenvalue weighted by molar-refractivity contribution is 4.96. The van der Waals surface area contributed by atoms with Gasteiger partial charge in [0.2, 0.25) is 0 Å². The fourth-order valence-corrected chi connectivity index (χ4v) is 4.16. The SMILES string of the molecule is CN(C1CCCNC1)C1CC2CCC1C2. The van der Waals surface area contributed by atoms with Gasteiger partial charge in [-0.25, -0.2) is 0 Å². The van der Waals surface area contributed by atoms with E-state index in [1.54, 1.807) is 0 Å². The zero-order valence-corrected chi connectivity index (χ0v) is 9.91. The van der Waals surface area contributed by atoms with Crippen molar-refractivity contribution in [3.63, 3.8) is 0 Å².